The van der Waals surface area contributed by atoms with E-state index in [0.29, 0.717) is 0 Å². The molecule has 41 heavy (non-hydrogen) atoms. The van der Waals surface area contributed by atoms with Crippen molar-refractivity contribution in [1.82, 2.24) is 9.71 Å². The molecule has 0 spiro atoms. The van der Waals surface area contributed by atoms with Gasteiger partial charge < -0.3 is 9.47 Å². The number of pyridine rings is 1. The Bertz CT molecular complexity index is 1550. The molecular weight excluding hydrogens is 536 g/mol. The summed E-state index contributed by atoms with van der Waals surface area (Å²) in [6, 6.07) is 25.8. The number of ether oxygens (including phenoxy) is 2. The summed E-state index contributed by atoms with van der Waals surface area (Å²) in [7, 11) is -2.26. The van der Waals surface area contributed by atoms with Crippen LogP contribution in [0.1, 0.15) is 53.9 Å². The van der Waals surface area contributed by atoms with E-state index < -0.39 is 15.9 Å². The minimum Gasteiger partial charge on any atom is -0.493 e. The molecule has 1 saturated carbocycles. The summed E-state index contributed by atoms with van der Waals surface area (Å²) < 4.78 is 39.2. The number of nitrogens with zero attached hydrogens (tertiary/aromatic N) is 1. The van der Waals surface area contributed by atoms with Gasteiger partial charge in [-0.1, -0.05) is 48.5 Å². The van der Waals surface area contributed by atoms with Gasteiger partial charge >= 0.3 is 0 Å². The molecule has 4 aromatic rings. The first kappa shape index (κ1) is 28.4. The van der Waals surface area contributed by atoms with E-state index in [2.05, 4.69) is 21.8 Å². The lowest BCUT2D eigenvalue weighted by Crippen LogP contribution is -2.31. The van der Waals surface area contributed by atoms with Gasteiger partial charge in [0.2, 0.25) is 5.91 Å². The van der Waals surface area contributed by atoms with E-state index in [9.17, 15) is 13.2 Å². The first-order chi connectivity index (χ1) is 19.9. The van der Waals surface area contributed by atoms with Crippen LogP contribution in [0.4, 0.5) is 0 Å². The van der Waals surface area contributed by atoms with Gasteiger partial charge in [-0.25, -0.2) is 13.1 Å². The van der Waals surface area contributed by atoms with Gasteiger partial charge in [0.25, 0.3) is 10.0 Å². The fourth-order valence-electron chi connectivity index (χ4n) is 5.27. The van der Waals surface area contributed by atoms with Gasteiger partial charge in [-0.2, -0.15) is 0 Å². The first-order valence-corrected chi connectivity index (χ1v) is 15.3. The smallest absolute Gasteiger partial charge is 0.264 e. The van der Waals surface area contributed by atoms with Gasteiger partial charge in [0.05, 0.1) is 24.5 Å². The van der Waals surface area contributed by atoms with Crippen molar-refractivity contribution >= 4 is 15.9 Å². The Kier molecular flexibility index (Phi) is 8.99. The van der Waals surface area contributed by atoms with Crippen LogP contribution in [0.3, 0.4) is 0 Å². The Labute approximate surface area is 241 Å². The zero-order valence-electron chi connectivity index (χ0n) is 23.0. The topological polar surface area (TPSA) is 94.6 Å². The Hall–Kier alpha value is -4.17. The van der Waals surface area contributed by atoms with Crippen LogP contribution in [0.15, 0.2) is 102 Å². The highest BCUT2D eigenvalue weighted by Gasteiger charge is 2.22. The molecule has 1 fully saturated rings. The minimum atomic E-state index is -3.92. The van der Waals surface area contributed by atoms with Crippen LogP contribution in [0.5, 0.6) is 11.5 Å². The molecule has 0 saturated heterocycles. The van der Waals surface area contributed by atoms with Gasteiger partial charge in [-0.05, 0) is 90.8 Å². The highest BCUT2D eigenvalue weighted by atomic mass is 32.2. The number of benzene rings is 3. The number of carbonyl (C=O) groups is 1. The van der Waals surface area contributed by atoms with E-state index in [0.717, 1.165) is 53.0 Å². The second kappa shape index (κ2) is 13.0. The quantitative estimate of drug-likeness (QED) is 0.244. The summed E-state index contributed by atoms with van der Waals surface area (Å²) in [5.74, 6) is 0.897. The van der Waals surface area contributed by atoms with Gasteiger partial charge in [0.1, 0.15) is 0 Å². The Morgan fingerprint density at radius 3 is 2.24 bits per heavy atom. The molecule has 1 aliphatic rings. The number of amides is 1. The zero-order chi connectivity index (χ0) is 28.7. The van der Waals surface area contributed by atoms with Crippen LogP contribution >= 0.6 is 0 Å². The predicted molar refractivity (Wildman–Crippen MR) is 158 cm³/mol. The van der Waals surface area contributed by atoms with Crippen molar-refractivity contribution in [2.45, 2.75) is 55.4 Å². The normalized spacial score (nSPS) is 14.4. The average molecular weight is 571 g/mol. The van der Waals surface area contributed by atoms with Gasteiger partial charge in [-0.15, -0.1) is 0 Å². The molecule has 7 nitrogen and oxygen atoms in total. The molecule has 0 radical (unpaired) electrons. The average Bonchev–Trinajstić information content (AvgIpc) is 3.50. The Morgan fingerprint density at radius 1 is 0.878 bits per heavy atom. The number of aromatic nitrogens is 1. The molecule has 5 rings (SSSR count). The van der Waals surface area contributed by atoms with E-state index in [1.54, 1.807) is 37.7 Å². The van der Waals surface area contributed by atoms with E-state index >= 15 is 0 Å². The van der Waals surface area contributed by atoms with Crippen LogP contribution in [-0.2, 0) is 27.7 Å². The maximum atomic E-state index is 12.6. The third-order valence-corrected chi connectivity index (χ3v) is 8.81. The zero-order valence-corrected chi connectivity index (χ0v) is 23.8. The molecule has 0 aliphatic heterocycles. The maximum Gasteiger partial charge on any atom is 0.264 e. The predicted octanol–water partition coefficient (Wildman–Crippen LogP) is 5.83. The maximum absolute atomic E-state index is 12.6. The molecule has 0 unspecified atom stereocenters. The van der Waals surface area contributed by atoms with E-state index in [4.69, 9.17) is 9.47 Å². The standard InChI is InChI=1S/C33H34N2O5S/c1-39-31-16-15-27(23-32(31)40-28-7-5-6-8-28)30(21-25-17-19-34-20-18-25)26-13-11-24(12-14-26)22-33(36)35-41(37,38)29-9-3-2-4-10-29/h2-4,9-20,23,28,30H,5-8,21-22H2,1H3,(H,35,36)/t30-/m1/s1. The molecule has 1 heterocycles. The number of nitrogens with one attached hydrogen (secondary N) is 1. The first-order valence-electron chi connectivity index (χ1n) is 13.8. The molecular formula is C33H34N2O5S. The number of rotatable bonds is 11. The highest BCUT2D eigenvalue weighted by molar-refractivity contribution is 7.90. The van der Waals surface area contributed by atoms with Crippen molar-refractivity contribution in [3.8, 4) is 11.5 Å². The number of hydrogen-bond donors (Lipinski definition) is 1. The summed E-state index contributed by atoms with van der Waals surface area (Å²) in [5, 5.41) is 0. The molecule has 1 aliphatic carbocycles. The molecule has 1 aromatic heterocycles. The van der Waals surface area contributed by atoms with E-state index in [1.165, 1.54) is 25.0 Å². The van der Waals surface area contributed by atoms with Crippen molar-refractivity contribution < 1.29 is 22.7 Å². The molecule has 3 aromatic carbocycles. The second-order valence-corrected chi connectivity index (χ2v) is 12.0. The van der Waals surface area contributed by atoms with Crippen molar-refractivity contribution in [1.29, 1.82) is 0 Å². The van der Waals surface area contributed by atoms with Gasteiger partial charge in [0.15, 0.2) is 11.5 Å². The van der Waals surface area contributed by atoms with Crippen LogP contribution in [0.2, 0.25) is 0 Å². The SMILES string of the molecule is COc1ccc([C@H](Cc2ccncc2)c2ccc(CC(=O)NS(=O)(=O)c3ccccc3)cc2)cc1OC1CCCC1. The minimum absolute atomic E-state index is 0.00979. The van der Waals surface area contributed by atoms with E-state index in [1.807, 2.05) is 42.5 Å². The lowest BCUT2D eigenvalue weighted by atomic mass is 9.85. The molecule has 212 valence electrons. The third kappa shape index (κ3) is 7.32. The fourth-order valence-corrected chi connectivity index (χ4v) is 6.27. The fraction of sp³-hybridized carbons (Fsp3) is 0.273. The van der Waals surface area contributed by atoms with Crippen molar-refractivity contribution in [2.75, 3.05) is 7.11 Å². The van der Waals surface area contributed by atoms with Crippen molar-refractivity contribution in [3.63, 3.8) is 0 Å². The number of methoxy groups -OCH3 is 1. The molecule has 1 N–H and O–H groups in total. The molecule has 8 heteroatoms. The second-order valence-electron chi connectivity index (χ2n) is 10.3. The number of hydrogen-bond acceptors (Lipinski definition) is 6. The summed E-state index contributed by atoms with van der Waals surface area (Å²) in [5.41, 5.74) is 4.03. The van der Waals surface area contributed by atoms with Crippen LogP contribution in [-0.4, -0.2) is 32.5 Å². The monoisotopic (exact) mass is 570 g/mol. The third-order valence-electron chi connectivity index (χ3n) is 7.42. The molecule has 1 amide bonds. The summed E-state index contributed by atoms with van der Waals surface area (Å²) >= 11 is 0. The van der Waals surface area contributed by atoms with Crippen LogP contribution in [0.25, 0.3) is 0 Å². The van der Waals surface area contributed by atoms with E-state index in [-0.39, 0.29) is 23.3 Å². The number of carbonyl (C=O) groups excluding carboxylic acids is 1. The molecule has 1 atom stereocenters. The summed E-state index contributed by atoms with van der Waals surface area (Å²) in [4.78, 5) is 16.8. The number of sulfonamides is 1. The largest absolute Gasteiger partial charge is 0.493 e. The van der Waals surface area contributed by atoms with Crippen LogP contribution < -0.4 is 14.2 Å². The van der Waals surface area contributed by atoms with Crippen molar-refractivity contribution in [2.24, 2.45) is 0 Å². The lowest BCUT2D eigenvalue weighted by molar-refractivity contribution is -0.118. The lowest BCUT2D eigenvalue weighted by Gasteiger charge is -2.22. The van der Waals surface area contributed by atoms with Crippen LogP contribution in [0, 0.1) is 0 Å². The molecule has 0 bridgehead atoms. The van der Waals surface area contributed by atoms with Gasteiger partial charge in [0, 0.05) is 18.3 Å². The van der Waals surface area contributed by atoms with Crippen molar-refractivity contribution in [3.05, 3.63) is 120 Å². The summed E-state index contributed by atoms with van der Waals surface area (Å²) in [6.45, 7) is 0. The summed E-state index contributed by atoms with van der Waals surface area (Å²) in [6.07, 6.45) is 8.94. The highest BCUT2D eigenvalue weighted by Crippen LogP contribution is 2.37. The Morgan fingerprint density at radius 2 is 1.56 bits per heavy atom. The van der Waals surface area contributed by atoms with Gasteiger partial charge in [-0.3, -0.25) is 9.78 Å². The Balaban J connectivity index is 1.37.